The number of benzene rings is 1. The van der Waals surface area contributed by atoms with Gasteiger partial charge in [0, 0.05) is 18.2 Å². The maximum absolute atomic E-state index is 8.66. The van der Waals surface area contributed by atoms with Gasteiger partial charge in [-0.3, -0.25) is 0 Å². The van der Waals surface area contributed by atoms with Crippen molar-refractivity contribution in [2.24, 2.45) is 10.9 Å². The molecule has 0 aliphatic heterocycles. The van der Waals surface area contributed by atoms with Gasteiger partial charge in [0.2, 0.25) is 0 Å². The molecule has 106 valence electrons. The highest BCUT2D eigenvalue weighted by Crippen LogP contribution is 2.30. The number of amidine groups is 1. The minimum Gasteiger partial charge on any atom is -0.409 e. The maximum Gasteiger partial charge on any atom is 0.141 e. The van der Waals surface area contributed by atoms with Crippen molar-refractivity contribution >= 4 is 11.5 Å². The van der Waals surface area contributed by atoms with Crippen LogP contribution in [0.4, 0.5) is 5.69 Å². The molecule has 4 N–H and O–H groups in total. The summed E-state index contributed by atoms with van der Waals surface area (Å²) >= 11 is 0. The van der Waals surface area contributed by atoms with Crippen molar-refractivity contribution in [3.05, 3.63) is 29.8 Å². The van der Waals surface area contributed by atoms with E-state index in [0.717, 1.165) is 12.1 Å². The van der Waals surface area contributed by atoms with Crippen LogP contribution < -0.4 is 11.1 Å². The second-order valence-electron chi connectivity index (χ2n) is 5.84. The SMILES string of the molecule is CCC(CC(N)=NO)Nc1ccccc1C(C)(C)C. The quantitative estimate of drug-likeness (QED) is 0.330. The third-order valence-corrected chi connectivity index (χ3v) is 3.17. The molecular weight excluding hydrogens is 238 g/mol. The molecule has 1 rings (SSSR count). The lowest BCUT2D eigenvalue weighted by atomic mass is 9.85. The fraction of sp³-hybridized carbons (Fsp3) is 0.533. The molecule has 0 aliphatic rings. The summed E-state index contributed by atoms with van der Waals surface area (Å²) in [7, 11) is 0. The molecule has 0 saturated heterocycles. The fourth-order valence-corrected chi connectivity index (χ4v) is 2.07. The molecule has 0 amide bonds. The van der Waals surface area contributed by atoms with E-state index in [-0.39, 0.29) is 17.3 Å². The second kappa shape index (κ2) is 6.45. The van der Waals surface area contributed by atoms with Crippen LogP contribution in [0.2, 0.25) is 0 Å². The van der Waals surface area contributed by atoms with E-state index in [1.807, 2.05) is 6.07 Å². The molecule has 0 radical (unpaired) electrons. The largest absolute Gasteiger partial charge is 0.409 e. The van der Waals surface area contributed by atoms with Crippen molar-refractivity contribution in [3.8, 4) is 0 Å². The number of hydrogen-bond acceptors (Lipinski definition) is 3. The Kier molecular flexibility index (Phi) is 5.21. The molecule has 1 atom stereocenters. The normalized spacial score (nSPS) is 14.2. The van der Waals surface area contributed by atoms with Crippen molar-refractivity contribution in [1.82, 2.24) is 0 Å². The van der Waals surface area contributed by atoms with E-state index in [1.165, 1.54) is 5.56 Å². The Labute approximate surface area is 115 Å². The second-order valence-corrected chi connectivity index (χ2v) is 5.84. The Hall–Kier alpha value is -1.71. The Morgan fingerprint density at radius 3 is 2.53 bits per heavy atom. The summed E-state index contributed by atoms with van der Waals surface area (Å²) in [4.78, 5) is 0. The van der Waals surface area contributed by atoms with Crippen LogP contribution in [0.15, 0.2) is 29.4 Å². The molecule has 0 spiro atoms. The van der Waals surface area contributed by atoms with Crippen LogP contribution in [0.5, 0.6) is 0 Å². The van der Waals surface area contributed by atoms with Gasteiger partial charge in [0.1, 0.15) is 5.84 Å². The van der Waals surface area contributed by atoms with Crippen LogP contribution in [0.1, 0.15) is 46.1 Å². The van der Waals surface area contributed by atoms with Gasteiger partial charge < -0.3 is 16.3 Å². The van der Waals surface area contributed by atoms with Crippen molar-refractivity contribution in [2.45, 2.75) is 52.0 Å². The van der Waals surface area contributed by atoms with E-state index >= 15 is 0 Å². The lowest BCUT2D eigenvalue weighted by molar-refractivity contribution is 0.316. The number of nitrogens with two attached hydrogens (primary N) is 1. The first-order valence-corrected chi connectivity index (χ1v) is 6.71. The molecule has 0 saturated carbocycles. The third-order valence-electron chi connectivity index (χ3n) is 3.17. The first kappa shape index (κ1) is 15.3. The zero-order valence-corrected chi connectivity index (χ0v) is 12.3. The Morgan fingerprint density at radius 2 is 2.00 bits per heavy atom. The highest BCUT2D eigenvalue weighted by molar-refractivity contribution is 5.80. The minimum atomic E-state index is 0.0818. The van der Waals surface area contributed by atoms with E-state index in [0.29, 0.717) is 6.42 Å². The Morgan fingerprint density at radius 1 is 1.37 bits per heavy atom. The molecule has 0 heterocycles. The molecule has 0 aliphatic carbocycles. The highest BCUT2D eigenvalue weighted by atomic mass is 16.4. The predicted molar refractivity (Wildman–Crippen MR) is 80.9 cm³/mol. The van der Waals surface area contributed by atoms with Gasteiger partial charge in [-0.25, -0.2) is 0 Å². The fourth-order valence-electron chi connectivity index (χ4n) is 2.07. The molecule has 1 unspecified atom stereocenters. The van der Waals surface area contributed by atoms with E-state index < -0.39 is 0 Å². The van der Waals surface area contributed by atoms with Gasteiger partial charge in [0.05, 0.1) is 0 Å². The molecule has 19 heavy (non-hydrogen) atoms. The lowest BCUT2D eigenvalue weighted by Gasteiger charge is -2.26. The van der Waals surface area contributed by atoms with Crippen molar-refractivity contribution in [1.29, 1.82) is 0 Å². The molecule has 0 fully saturated rings. The van der Waals surface area contributed by atoms with Gasteiger partial charge in [-0.05, 0) is 23.5 Å². The predicted octanol–water partition coefficient (Wildman–Crippen LogP) is 3.31. The molecule has 0 bridgehead atoms. The van der Waals surface area contributed by atoms with E-state index in [4.69, 9.17) is 10.9 Å². The molecule has 1 aromatic carbocycles. The number of nitrogens with zero attached hydrogens (tertiary/aromatic N) is 1. The molecule has 1 aromatic rings. The molecule has 4 nitrogen and oxygen atoms in total. The number of oxime groups is 1. The van der Waals surface area contributed by atoms with E-state index in [2.05, 4.69) is 56.4 Å². The number of nitrogens with one attached hydrogen (secondary N) is 1. The standard InChI is InChI=1S/C15H25N3O/c1-5-11(10-14(16)18-19)17-13-9-7-6-8-12(13)15(2,3)4/h6-9,11,17,19H,5,10H2,1-4H3,(H2,16,18). The lowest BCUT2D eigenvalue weighted by Crippen LogP contribution is -2.28. The smallest absolute Gasteiger partial charge is 0.141 e. The van der Waals surface area contributed by atoms with Gasteiger partial charge in [-0.15, -0.1) is 0 Å². The van der Waals surface area contributed by atoms with Crippen LogP contribution in [0, 0.1) is 0 Å². The summed E-state index contributed by atoms with van der Waals surface area (Å²) in [5.41, 5.74) is 8.06. The van der Waals surface area contributed by atoms with Gasteiger partial charge in [-0.2, -0.15) is 0 Å². The number of hydrogen-bond donors (Lipinski definition) is 3. The van der Waals surface area contributed by atoms with Crippen molar-refractivity contribution < 1.29 is 5.21 Å². The van der Waals surface area contributed by atoms with E-state index in [9.17, 15) is 0 Å². The van der Waals surface area contributed by atoms with Crippen molar-refractivity contribution in [2.75, 3.05) is 5.32 Å². The maximum atomic E-state index is 8.66. The first-order chi connectivity index (χ1) is 8.88. The summed E-state index contributed by atoms with van der Waals surface area (Å²) < 4.78 is 0. The summed E-state index contributed by atoms with van der Waals surface area (Å²) in [6.45, 7) is 8.66. The monoisotopic (exact) mass is 263 g/mol. The molecule has 4 heteroatoms. The Bertz CT molecular complexity index is 435. The van der Waals surface area contributed by atoms with Crippen LogP contribution in [0.3, 0.4) is 0 Å². The summed E-state index contributed by atoms with van der Waals surface area (Å²) in [6, 6.07) is 8.46. The third kappa shape index (κ3) is 4.47. The van der Waals surface area contributed by atoms with Gasteiger partial charge >= 0.3 is 0 Å². The summed E-state index contributed by atoms with van der Waals surface area (Å²) in [5.74, 6) is 0.257. The Balaban J connectivity index is 2.92. The molecular formula is C15H25N3O. The summed E-state index contributed by atoms with van der Waals surface area (Å²) in [6.07, 6.45) is 1.44. The van der Waals surface area contributed by atoms with Crippen molar-refractivity contribution in [3.63, 3.8) is 0 Å². The van der Waals surface area contributed by atoms with Gasteiger partial charge in [0.25, 0.3) is 0 Å². The van der Waals surface area contributed by atoms with E-state index in [1.54, 1.807) is 0 Å². The number of rotatable bonds is 5. The van der Waals surface area contributed by atoms with Crippen LogP contribution in [0.25, 0.3) is 0 Å². The summed E-state index contributed by atoms with van der Waals surface area (Å²) in [5, 5.41) is 15.2. The highest BCUT2D eigenvalue weighted by Gasteiger charge is 2.19. The zero-order chi connectivity index (χ0) is 14.5. The zero-order valence-electron chi connectivity index (χ0n) is 12.3. The first-order valence-electron chi connectivity index (χ1n) is 6.71. The van der Waals surface area contributed by atoms with Gasteiger partial charge in [-0.1, -0.05) is 51.0 Å². The average Bonchev–Trinajstić information content (AvgIpc) is 2.37. The molecule has 0 aromatic heterocycles. The number of anilines is 1. The van der Waals surface area contributed by atoms with Crippen LogP contribution in [-0.4, -0.2) is 17.1 Å². The average molecular weight is 263 g/mol. The van der Waals surface area contributed by atoms with Gasteiger partial charge in [0.15, 0.2) is 0 Å². The minimum absolute atomic E-state index is 0.0818. The number of para-hydroxylation sites is 1. The van der Waals surface area contributed by atoms with Crippen LogP contribution >= 0.6 is 0 Å². The topological polar surface area (TPSA) is 70.6 Å². The van der Waals surface area contributed by atoms with Crippen LogP contribution in [-0.2, 0) is 5.41 Å².